The summed E-state index contributed by atoms with van der Waals surface area (Å²) in [5, 5.41) is 9.00. The average molecular weight is 419 g/mol. The Kier molecular flexibility index (Phi) is 4.74. The van der Waals surface area contributed by atoms with Crippen LogP contribution in [0.3, 0.4) is 0 Å². The number of anilines is 1. The summed E-state index contributed by atoms with van der Waals surface area (Å²) in [5.41, 5.74) is 2.55. The van der Waals surface area contributed by atoms with Crippen molar-refractivity contribution < 1.29 is 19.2 Å². The van der Waals surface area contributed by atoms with Crippen molar-refractivity contribution >= 4 is 29.4 Å². The van der Waals surface area contributed by atoms with E-state index in [-0.39, 0.29) is 30.4 Å². The van der Waals surface area contributed by atoms with Crippen LogP contribution in [0.1, 0.15) is 57.1 Å². The third-order valence-electron chi connectivity index (χ3n) is 6.00. The molecule has 0 spiro atoms. The molecule has 2 aromatic rings. The number of hydrogen-bond donors (Lipinski definition) is 3. The number of benzene rings is 1. The van der Waals surface area contributed by atoms with Gasteiger partial charge in [0.05, 0.1) is 11.1 Å². The molecule has 3 N–H and O–H groups in total. The first-order chi connectivity index (χ1) is 15.0. The monoisotopic (exact) mass is 419 g/mol. The molecule has 158 valence electrons. The van der Waals surface area contributed by atoms with Gasteiger partial charge in [-0.2, -0.15) is 0 Å². The second-order valence-electron chi connectivity index (χ2n) is 7.92. The minimum Gasteiger partial charge on any atom is -0.370 e. The minimum atomic E-state index is -0.953. The number of pyridine rings is 1. The third kappa shape index (κ3) is 3.36. The number of nitrogens with one attached hydrogen (secondary N) is 3. The van der Waals surface area contributed by atoms with Crippen LogP contribution in [0.2, 0.25) is 0 Å². The molecule has 2 atom stereocenters. The largest absolute Gasteiger partial charge is 0.370 e. The highest BCUT2D eigenvalue weighted by Gasteiger charge is 2.44. The molecular formula is C22H21N5O4. The van der Waals surface area contributed by atoms with Crippen LogP contribution in [0.4, 0.5) is 5.82 Å². The fourth-order valence-corrected chi connectivity index (χ4v) is 4.42. The molecule has 1 aromatic carbocycles. The van der Waals surface area contributed by atoms with Gasteiger partial charge in [0, 0.05) is 37.3 Å². The van der Waals surface area contributed by atoms with E-state index < -0.39 is 23.8 Å². The average Bonchev–Trinajstić information content (AvgIpc) is 3.02. The van der Waals surface area contributed by atoms with Crippen molar-refractivity contribution in [3.63, 3.8) is 0 Å². The highest BCUT2D eigenvalue weighted by atomic mass is 16.2. The van der Waals surface area contributed by atoms with E-state index >= 15 is 0 Å². The van der Waals surface area contributed by atoms with E-state index in [1.807, 2.05) is 18.2 Å². The number of carbonyl (C=O) groups excluding carboxylic acids is 4. The Morgan fingerprint density at radius 2 is 1.90 bits per heavy atom. The van der Waals surface area contributed by atoms with Gasteiger partial charge in [-0.15, -0.1) is 0 Å². The van der Waals surface area contributed by atoms with Crippen LogP contribution in [-0.4, -0.2) is 46.1 Å². The summed E-state index contributed by atoms with van der Waals surface area (Å²) < 4.78 is 0. The van der Waals surface area contributed by atoms with Gasteiger partial charge in [-0.3, -0.25) is 29.4 Å². The number of nitrogens with zero attached hydrogens (tertiary/aromatic N) is 2. The lowest BCUT2D eigenvalue weighted by molar-refractivity contribution is -0.136. The molecule has 4 amide bonds. The molecule has 0 radical (unpaired) electrons. The van der Waals surface area contributed by atoms with Crippen LogP contribution in [0.15, 0.2) is 36.5 Å². The standard InChI is InChI=1S/C22H21N5O4/c28-18-6-5-17(20(29)26-18)27-21(30)13-4-3-12(10-15(13)22(27)31)11-25-16-7-9-24-19-14(16)2-1-8-23-19/h1-4,8,10,16-17,25H,5-7,9,11H2,(H,23,24)(H,26,28,29). The quantitative estimate of drug-likeness (QED) is 0.636. The SMILES string of the molecule is O=C1CCC(N2C(=O)c3ccc(CNC4CCNc5ncccc54)cc3C2=O)C(=O)N1. The molecule has 3 aliphatic heterocycles. The third-order valence-corrected chi connectivity index (χ3v) is 6.00. The number of hydrogen-bond acceptors (Lipinski definition) is 7. The van der Waals surface area contributed by atoms with Crippen molar-refractivity contribution in [2.75, 3.05) is 11.9 Å². The fourth-order valence-electron chi connectivity index (χ4n) is 4.42. The summed E-state index contributed by atoms with van der Waals surface area (Å²) in [7, 11) is 0. The van der Waals surface area contributed by atoms with Crippen LogP contribution < -0.4 is 16.0 Å². The number of piperidine rings is 1. The Morgan fingerprint density at radius 3 is 2.74 bits per heavy atom. The molecule has 1 saturated heterocycles. The zero-order valence-corrected chi connectivity index (χ0v) is 16.7. The highest BCUT2D eigenvalue weighted by molar-refractivity contribution is 6.23. The molecule has 9 nitrogen and oxygen atoms in total. The second-order valence-corrected chi connectivity index (χ2v) is 7.92. The maximum Gasteiger partial charge on any atom is 0.262 e. The van der Waals surface area contributed by atoms with E-state index in [2.05, 4.69) is 20.9 Å². The van der Waals surface area contributed by atoms with Gasteiger partial charge in [0.2, 0.25) is 11.8 Å². The Labute approximate surface area is 178 Å². The van der Waals surface area contributed by atoms with E-state index in [0.29, 0.717) is 12.1 Å². The number of fused-ring (bicyclic) bond motifs is 2. The molecule has 1 aromatic heterocycles. The van der Waals surface area contributed by atoms with E-state index in [1.165, 1.54) is 0 Å². The molecule has 9 heteroatoms. The Morgan fingerprint density at radius 1 is 1.06 bits per heavy atom. The number of amides is 4. The van der Waals surface area contributed by atoms with Crippen molar-refractivity contribution in [2.45, 2.75) is 37.9 Å². The first-order valence-electron chi connectivity index (χ1n) is 10.3. The molecule has 0 bridgehead atoms. The molecule has 5 rings (SSSR count). The number of carbonyl (C=O) groups is 4. The summed E-state index contributed by atoms with van der Waals surface area (Å²) in [6.45, 7) is 1.34. The van der Waals surface area contributed by atoms with Crippen molar-refractivity contribution in [1.29, 1.82) is 0 Å². The number of aromatic nitrogens is 1. The molecule has 0 aliphatic carbocycles. The van der Waals surface area contributed by atoms with Crippen molar-refractivity contribution in [3.05, 3.63) is 58.8 Å². The second kappa shape index (κ2) is 7.59. The summed E-state index contributed by atoms with van der Waals surface area (Å²) in [6, 6.07) is 8.28. The van der Waals surface area contributed by atoms with Gasteiger partial charge in [0.1, 0.15) is 11.9 Å². The van der Waals surface area contributed by atoms with E-state index in [0.717, 1.165) is 34.8 Å². The van der Waals surface area contributed by atoms with Gasteiger partial charge >= 0.3 is 0 Å². The molecule has 31 heavy (non-hydrogen) atoms. The van der Waals surface area contributed by atoms with E-state index in [4.69, 9.17) is 0 Å². The molecule has 3 aliphatic rings. The Bertz CT molecular complexity index is 1110. The lowest BCUT2D eigenvalue weighted by Crippen LogP contribution is -2.54. The van der Waals surface area contributed by atoms with Crippen LogP contribution in [0.5, 0.6) is 0 Å². The summed E-state index contributed by atoms with van der Waals surface area (Å²) in [4.78, 5) is 54.7. The van der Waals surface area contributed by atoms with Crippen molar-refractivity contribution in [1.82, 2.24) is 20.5 Å². The van der Waals surface area contributed by atoms with Crippen LogP contribution in [-0.2, 0) is 16.1 Å². The predicted octanol–water partition coefficient (Wildman–Crippen LogP) is 1.13. The first-order valence-corrected chi connectivity index (χ1v) is 10.3. The lowest BCUT2D eigenvalue weighted by Gasteiger charge is -2.27. The van der Waals surface area contributed by atoms with Gasteiger partial charge < -0.3 is 10.6 Å². The highest BCUT2D eigenvalue weighted by Crippen LogP contribution is 2.30. The Hall–Kier alpha value is -3.59. The molecule has 4 heterocycles. The van der Waals surface area contributed by atoms with Gasteiger partial charge in [0.25, 0.3) is 11.8 Å². The van der Waals surface area contributed by atoms with Crippen LogP contribution in [0, 0.1) is 0 Å². The van der Waals surface area contributed by atoms with Crippen LogP contribution in [0.25, 0.3) is 0 Å². The van der Waals surface area contributed by atoms with Gasteiger partial charge in [-0.25, -0.2) is 4.98 Å². The maximum absolute atomic E-state index is 13.0. The molecule has 2 unspecified atom stereocenters. The van der Waals surface area contributed by atoms with E-state index in [9.17, 15) is 19.2 Å². The number of rotatable bonds is 4. The zero-order chi connectivity index (χ0) is 21.5. The Balaban J connectivity index is 1.33. The summed E-state index contributed by atoms with van der Waals surface area (Å²) >= 11 is 0. The zero-order valence-electron chi connectivity index (χ0n) is 16.7. The maximum atomic E-state index is 13.0. The van der Waals surface area contributed by atoms with Gasteiger partial charge in [-0.1, -0.05) is 12.1 Å². The molecule has 1 fully saturated rings. The summed E-state index contributed by atoms with van der Waals surface area (Å²) in [6.07, 6.45) is 2.91. The fraction of sp³-hybridized carbons (Fsp3) is 0.318. The topological polar surface area (TPSA) is 120 Å². The normalized spacial score (nSPS) is 22.6. The lowest BCUT2D eigenvalue weighted by atomic mass is 10.00. The smallest absolute Gasteiger partial charge is 0.262 e. The minimum absolute atomic E-state index is 0.103. The van der Waals surface area contributed by atoms with Crippen LogP contribution >= 0.6 is 0 Å². The predicted molar refractivity (Wildman–Crippen MR) is 110 cm³/mol. The first kappa shape index (κ1) is 19.4. The molecule has 0 saturated carbocycles. The van der Waals surface area contributed by atoms with Gasteiger partial charge in [0.15, 0.2) is 0 Å². The molecular weight excluding hydrogens is 398 g/mol. The van der Waals surface area contributed by atoms with Gasteiger partial charge in [-0.05, 0) is 36.6 Å². The van der Waals surface area contributed by atoms with E-state index in [1.54, 1.807) is 18.3 Å². The van der Waals surface area contributed by atoms with Crippen molar-refractivity contribution in [3.8, 4) is 0 Å². The van der Waals surface area contributed by atoms with Crippen molar-refractivity contribution in [2.24, 2.45) is 0 Å². The summed E-state index contributed by atoms with van der Waals surface area (Å²) in [5.74, 6) is -1.10. The number of imide groups is 2.